The molecule has 0 amide bonds. The van der Waals surface area contributed by atoms with Crippen molar-refractivity contribution in [3.8, 4) is 5.88 Å². The molecule has 8 nitrogen and oxygen atoms in total. The number of aliphatic imine (C=N–C) groups is 1. The number of amidine groups is 1. The molecule has 3 heterocycles. The molecule has 1 saturated heterocycles. The average molecular weight is 436 g/mol. The van der Waals surface area contributed by atoms with E-state index in [1.54, 1.807) is 0 Å². The number of halogens is 3. The van der Waals surface area contributed by atoms with Crippen molar-refractivity contribution < 1.29 is 32.2 Å². The Balaban J connectivity index is 1.63. The summed E-state index contributed by atoms with van der Waals surface area (Å²) >= 11 is 0. The minimum Gasteiger partial charge on any atom is -0.456 e. The molecule has 0 saturated carbocycles. The molecule has 0 unspecified atom stereocenters. The number of ether oxygens (including phenoxy) is 3. The van der Waals surface area contributed by atoms with E-state index < -0.39 is 37.1 Å². The zero-order valence-electron chi connectivity index (χ0n) is 16.3. The first-order valence-electron chi connectivity index (χ1n) is 9.49. The van der Waals surface area contributed by atoms with Crippen LogP contribution < -0.4 is 10.5 Å². The summed E-state index contributed by atoms with van der Waals surface area (Å²) in [4.78, 5) is 24.6. The Kier molecular flexibility index (Phi) is 5.77. The molecule has 0 spiro atoms. The molecule has 3 atom stereocenters. The number of Topliss-reactive ketones (excluding diaryl/α,β-unsaturated/α-hetero) is 1. The molecule has 0 radical (unpaired) electrons. The van der Waals surface area contributed by atoms with Gasteiger partial charge in [-0.2, -0.15) is 0 Å². The second-order valence-electron chi connectivity index (χ2n) is 7.13. The number of carbonyl (C=O) groups is 1. The van der Waals surface area contributed by atoms with Gasteiger partial charge in [-0.05, 0) is 17.7 Å². The predicted octanol–water partition coefficient (Wildman–Crippen LogP) is 2.01. The lowest BCUT2D eigenvalue weighted by atomic mass is 9.80. The molecular formula is C20H19F3N4O4. The van der Waals surface area contributed by atoms with Gasteiger partial charge in [-0.25, -0.2) is 28.1 Å². The number of rotatable bonds is 7. The molecule has 2 aliphatic rings. The van der Waals surface area contributed by atoms with Crippen molar-refractivity contribution >= 4 is 11.8 Å². The van der Waals surface area contributed by atoms with Gasteiger partial charge in [0, 0.05) is 18.4 Å². The van der Waals surface area contributed by atoms with Crippen molar-refractivity contribution in [2.45, 2.75) is 30.6 Å². The lowest BCUT2D eigenvalue weighted by molar-refractivity contribution is -0.0443. The highest BCUT2D eigenvalue weighted by molar-refractivity contribution is 5.95. The summed E-state index contributed by atoms with van der Waals surface area (Å²) in [6.45, 7) is -1.70. The zero-order chi connectivity index (χ0) is 22.0. The van der Waals surface area contributed by atoms with Crippen molar-refractivity contribution in [1.82, 2.24) is 9.97 Å². The Hall–Kier alpha value is -3.21. The van der Waals surface area contributed by atoms with Crippen LogP contribution in [0.3, 0.4) is 0 Å². The highest BCUT2D eigenvalue weighted by atomic mass is 19.1. The third-order valence-electron chi connectivity index (χ3n) is 5.30. The molecule has 11 heteroatoms. The van der Waals surface area contributed by atoms with E-state index in [0.29, 0.717) is 5.56 Å². The van der Waals surface area contributed by atoms with E-state index in [4.69, 9.17) is 15.2 Å². The number of hydrogen-bond acceptors (Lipinski definition) is 8. The molecule has 31 heavy (non-hydrogen) atoms. The van der Waals surface area contributed by atoms with Crippen molar-refractivity contribution in [3.63, 3.8) is 0 Å². The minimum absolute atomic E-state index is 0.0446. The summed E-state index contributed by atoms with van der Waals surface area (Å²) in [5.41, 5.74) is 5.19. The number of hydrogen-bond donors (Lipinski definition) is 1. The first kappa shape index (κ1) is 21.0. The van der Waals surface area contributed by atoms with Crippen LogP contribution in [0, 0.1) is 5.82 Å². The summed E-state index contributed by atoms with van der Waals surface area (Å²) < 4.78 is 55.9. The summed E-state index contributed by atoms with van der Waals surface area (Å²) in [7, 11) is 0. The number of alkyl halides is 2. The van der Waals surface area contributed by atoms with Crippen LogP contribution in [-0.2, 0) is 21.4 Å². The molecule has 1 aromatic heterocycles. The number of fused-ring (bicyclic) bond motifs is 1. The maximum atomic E-state index is 14.9. The Bertz CT molecular complexity index is 1000. The molecule has 2 aromatic rings. The lowest BCUT2D eigenvalue weighted by Crippen LogP contribution is -2.51. The summed E-state index contributed by atoms with van der Waals surface area (Å²) in [5, 5.41) is 0. The number of nitrogens with two attached hydrogens (primary N) is 1. The first-order valence-corrected chi connectivity index (χ1v) is 9.49. The largest absolute Gasteiger partial charge is 0.456 e. The standard InChI is InChI=1S/C20H19F3N4O4/c21-7-16-18-20(3-4-29-18,27-19(24)31-16)12-5-11(1-2-13(12)23)6-15(28)14-8-26-17(9-25-14)30-10-22/h1-2,5,8-9,16,18H,3-4,6-7,10H2,(H2,24,27)/t16-,18+,20-/m0/s1. The van der Waals surface area contributed by atoms with Crippen molar-refractivity contribution in [1.29, 1.82) is 0 Å². The van der Waals surface area contributed by atoms with E-state index >= 15 is 0 Å². The van der Waals surface area contributed by atoms with Gasteiger partial charge in [0.15, 0.2) is 11.9 Å². The van der Waals surface area contributed by atoms with E-state index in [0.717, 1.165) is 6.20 Å². The van der Waals surface area contributed by atoms with Crippen LogP contribution >= 0.6 is 0 Å². The van der Waals surface area contributed by atoms with Crippen molar-refractivity contribution in [3.05, 3.63) is 53.2 Å². The van der Waals surface area contributed by atoms with E-state index in [-0.39, 0.29) is 48.4 Å². The number of benzene rings is 1. The molecule has 164 valence electrons. The van der Waals surface area contributed by atoms with Crippen LogP contribution in [-0.4, -0.2) is 54.1 Å². The second-order valence-corrected chi connectivity index (χ2v) is 7.13. The maximum absolute atomic E-state index is 14.9. The minimum atomic E-state index is -1.24. The van der Waals surface area contributed by atoms with Gasteiger partial charge in [0.1, 0.15) is 29.8 Å². The molecule has 2 aliphatic heterocycles. The zero-order valence-corrected chi connectivity index (χ0v) is 16.3. The van der Waals surface area contributed by atoms with Gasteiger partial charge in [0.2, 0.25) is 12.7 Å². The molecule has 1 aromatic carbocycles. The van der Waals surface area contributed by atoms with Crippen molar-refractivity contribution in [2.24, 2.45) is 10.7 Å². The fraction of sp³-hybridized carbons (Fsp3) is 0.400. The van der Waals surface area contributed by atoms with E-state index in [1.807, 2.05) is 0 Å². The van der Waals surface area contributed by atoms with Gasteiger partial charge >= 0.3 is 0 Å². The quantitative estimate of drug-likeness (QED) is 0.662. The molecule has 0 bridgehead atoms. The van der Waals surface area contributed by atoms with Gasteiger partial charge in [0.05, 0.1) is 19.0 Å². The number of nitrogens with zero attached hydrogens (tertiary/aromatic N) is 3. The molecule has 1 fully saturated rings. The normalized spacial score (nSPS) is 24.8. The smallest absolute Gasteiger partial charge is 0.283 e. The van der Waals surface area contributed by atoms with Crippen LogP contribution in [0.4, 0.5) is 13.2 Å². The highest BCUT2D eigenvalue weighted by Crippen LogP contribution is 2.45. The second kappa shape index (κ2) is 8.50. The number of aromatic nitrogens is 2. The Morgan fingerprint density at radius 3 is 2.84 bits per heavy atom. The van der Waals surface area contributed by atoms with E-state index in [1.165, 1.54) is 24.4 Å². The Morgan fingerprint density at radius 1 is 1.29 bits per heavy atom. The average Bonchev–Trinajstić information content (AvgIpc) is 3.20. The van der Waals surface area contributed by atoms with Gasteiger partial charge < -0.3 is 19.9 Å². The SMILES string of the molecule is NC1=N[C@]2(c3cc(CC(=O)c4cnc(OCF)cn4)ccc3F)CCO[C@@H]2[C@H](CF)O1. The summed E-state index contributed by atoms with van der Waals surface area (Å²) in [6.07, 6.45) is 0.638. The van der Waals surface area contributed by atoms with Crippen LogP contribution in [0.2, 0.25) is 0 Å². The number of ketones is 1. The van der Waals surface area contributed by atoms with Crippen LogP contribution in [0.1, 0.15) is 28.0 Å². The fourth-order valence-corrected chi connectivity index (χ4v) is 3.94. The third kappa shape index (κ3) is 3.92. The lowest BCUT2D eigenvalue weighted by Gasteiger charge is -2.38. The van der Waals surface area contributed by atoms with Crippen LogP contribution in [0.15, 0.2) is 35.6 Å². The fourth-order valence-electron chi connectivity index (χ4n) is 3.94. The van der Waals surface area contributed by atoms with Gasteiger partial charge in [-0.1, -0.05) is 6.07 Å². The van der Waals surface area contributed by atoms with Crippen molar-refractivity contribution in [2.75, 3.05) is 20.1 Å². The van der Waals surface area contributed by atoms with Gasteiger partial charge in [-0.3, -0.25) is 4.79 Å². The Labute approximate surface area is 175 Å². The molecule has 0 aliphatic carbocycles. The Morgan fingerprint density at radius 2 is 2.13 bits per heavy atom. The maximum Gasteiger partial charge on any atom is 0.283 e. The summed E-state index contributed by atoms with van der Waals surface area (Å²) in [6, 6.07) is 3.94. The highest BCUT2D eigenvalue weighted by Gasteiger charge is 2.54. The number of carbonyl (C=O) groups excluding carboxylic acids is 1. The van der Waals surface area contributed by atoms with Gasteiger partial charge in [0.25, 0.3) is 6.02 Å². The van der Waals surface area contributed by atoms with Crippen LogP contribution in [0.25, 0.3) is 0 Å². The molecular weight excluding hydrogens is 417 g/mol. The topological polar surface area (TPSA) is 109 Å². The van der Waals surface area contributed by atoms with E-state index in [2.05, 4.69) is 19.7 Å². The third-order valence-corrected chi connectivity index (χ3v) is 5.30. The first-order chi connectivity index (χ1) is 15.0. The van der Waals surface area contributed by atoms with E-state index in [9.17, 15) is 18.0 Å². The predicted molar refractivity (Wildman–Crippen MR) is 102 cm³/mol. The summed E-state index contributed by atoms with van der Waals surface area (Å²) in [5.74, 6) is -1.01. The van der Waals surface area contributed by atoms with Gasteiger partial charge in [-0.15, -0.1) is 0 Å². The van der Waals surface area contributed by atoms with Crippen LogP contribution in [0.5, 0.6) is 5.88 Å². The monoisotopic (exact) mass is 436 g/mol. The molecule has 4 rings (SSSR count). The molecule has 2 N–H and O–H groups in total.